The van der Waals surface area contributed by atoms with Gasteiger partial charge in [0.1, 0.15) is 0 Å². The van der Waals surface area contributed by atoms with Gasteiger partial charge in [-0.3, -0.25) is 0 Å². The Bertz CT molecular complexity index is 456. The minimum absolute atomic E-state index is 0.220. The average molecular weight is 283 g/mol. The molecule has 20 heavy (non-hydrogen) atoms. The highest BCUT2D eigenvalue weighted by Crippen LogP contribution is 2.62. The minimum atomic E-state index is -4.25. The molecule has 1 aromatic carbocycles. The highest BCUT2D eigenvalue weighted by molar-refractivity contribution is 5.29. The van der Waals surface area contributed by atoms with Crippen LogP contribution in [0.4, 0.5) is 13.2 Å². The Morgan fingerprint density at radius 2 is 1.75 bits per heavy atom. The zero-order chi connectivity index (χ0) is 14.3. The number of hydrogen-bond acceptors (Lipinski definition) is 1. The molecule has 110 valence electrons. The molecule has 0 bridgehead atoms. The van der Waals surface area contributed by atoms with E-state index in [4.69, 9.17) is 0 Å². The van der Waals surface area contributed by atoms with Crippen LogP contribution in [0.1, 0.15) is 43.4 Å². The zero-order valence-corrected chi connectivity index (χ0v) is 11.6. The molecule has 0 amide bonds. The first-order chi connectivity index (χ1) is 9.52. The number of nitrogens with one attached hydrogen (secondary N) is 1. The van der Waals surface area contributed by atoms with E-state index in [-0.39, 0.29) is 6.04 Å². The molecule has 0 heterocycles. The van der Waals surface area contributed by atoms with Crippen molar-refractivity contribution in [2.75, 3.05) is 6.54 Å². The predicted molar refractivity (Wildman–Crippen MR) is 72.2 cm³/mol. The van der Waals surface area contributed by atoms with Crippen molar-refractivity contribution >= 4 is 0 Å². The van der Waals surface area contributed by atoms with Gasteiger partial charge in [0.25, 0.3) is 0 Å². The molecule has 0 radical (unpaired) electrons. The molecule has 0 saturated heterocycles. The normalized spacial score (nSPS) is 30.1. The predicted octanol–water partition coefficient (Wildman–Crippen LogP) is 4.40. The molecule has 2 aliphatic carbocycles. The maximum Gasteiger partial charge on any atom is 0.416 e. The van der Waals surface area contributed by atoms with E-state index in [1.807, 2.05) is 0 Å². The van der Waals surface area contributed by atoms with Gasteiger partial charge in [-0.15, -0.1) is 0 Å². The van der Waals surface area contributed by atoms with Crippen molar-refractivity contribution in [1.29, 1.82) is 0 Å². The summed E-state index contributed by atoms with van der Waals surface area (Å²) in [6.45, 7) is 2.90. The molecule has 1 aromatic rings. The van der Waals surface area contributed by atoms with E-state index in [0.717, 1.165) is 23.9 Å². The third-order valence-corrected chi connectivity index (χ3v) is 4.88. The topological polar surface area (TPSA) is 12.0 Å². The van der Waals surface area contributed by atoms with Crippen LogP contribution in [-0.2, 0) is 6.18 Å². The van der Waals surface area contributed by atoms with E-state index in [1.54, 1.807) is 12.1 Å². The van der Waals surface area contributed by atoms with Gasteiger partial charge in [0, 0.05) is 6.04 Å². The van der Waals surface area contributed by atoms with Crippen LogP contribution in [-0.4, -0.2) is 6.54 Å². The number of rotatable bonds is 4. The van der Waals surface area contributed by atoms with Crippen LogP contribution in [0.5, 0.6) is 0 Å². The lowest BCUT2D eigenvalue weighted by molar-refractivity contribution is -0.137. The fraction of sp³-hybridized carbons (Fsp3) is 0.625. The molecule has 4 heteroatoms. The summed E-state index contributed by atoms with van der Waals surface area (Å²) in [4.78, 5) is 0. The van der Waals surface area contributed by atoms with Crippen LogP contribution in [0.3, 0.4) is 0 Å². The molecular weight excluding hydrogens is 263 g/mol. The van der Waals surface area contributed by atoms with Crippen molar-refractivity contribution in [2.45, 2.75) is 38.4 Å². The Labute approximate surface area is 117 Å². The Hall–Kier alpha value is -1.03. The third-order valence-electron chi connectivity index (χ3n) is 4.88. The summed E-state index contributed by atoms with van der Waals surface area (Å²) in [6.07, 6.45) is -0.351. The van der Waals surface area contributed by atoms with E-state index < -0.39 is 11.7 Å². The molecule has 2 fully saturated rings. The van der Waals surface area contributed by atoms with Crippen LogP contribution in [0.25, 0.3) is 0 Å². The second kappa shape index (κ2) is 5.06. The number of alkyl halides is 3. The number of halogens is 3. The lowest BCUT2D eigenvalue weighted by atomic mass is 9.96. The van der Waals surface area contributed by atoms with Crippen molar-refractivity contribution in [3.63, 3.8) is 0 Å². The summed E-state index contributed by atoms with van der Waals surface area (Å²) >= 11 is 0. The second-order valence-electron chi connectivity index (χ2n) is 5.99. The van der Waals surface area contributed by atoms with Gasteiger partial charge in [0.2, 0.25) is 0 Å². The Morgan fingerprint density at radius 3 is 2.25 bits per heavy atom. The summed E-state index contributed by atoms with van der Waals surface area (Å²) in [5.41, 5.74) is 0.437. The quantitative estimate of drug-likeness (QED) is 0.863. The minimum Gasteiger partial charge on any atom is -0.310 e. The molecular formula is C16H20F3N. The fourth-order valence-electron chi connectivity index (χ4n) is 3.95. The SMILES string of the molecule is CCNC(c1ccc(C(F)(F)F)cc1)C1C2CCCC21. The van der Waals surface area contributed by atoms with Gasteiger partial charge in [0.05, 0.1) is 5.56 Å². The Balaban J connectivity index is 1.78. The molecule has 3 unspecified atom stereocenters. The average Bonchev–Trinajstić information content (AvgIpc) is 2.87. The maximum atomic E-state index is 12.6. The van der Waals surface area contributed by atoms with Gasteiger partial charge in [0.15, 0.2) is 0 Å². The standard InChI is InChI=1S/C16H20F3N/c1-2-20-15(14-12-4-3-5-13(12)14)10-6-8-11(9-7-10)16(17,18)19/h6-9,12-15,20H,2-5H2,1H3. The molecule has 0 aromatic heterocycles. The number of benzene rings is 1. The number of hydrogen-bond donors (Lipinski definition) is 1. The smallest absolute Gasteiger partial charge is 0.310 e. The van der Waals surface area contributed by atoms with Gasteiger partial charge in [-0.1, -0.05) is 25.5 Å². The highest BCUT2D eigenvalue weighted by Gasteiger charge is 2.55. The number of fused-ring (bicyclic) bond motifs is 1. The Morgan fingerprint density at radius 1 is 1.15 bits per heavy atom. The van der Waals surface area contributed by atoms with E-state index in [9.17, 15) is 13.2 Å². The zero-order valence-electron chi connectivity index (χ0n) is 11.6. The summed E-state index contributed by atoms with van der Waals surface area (Å²) in [6, 6.07) is 5.92. The van der Waals surface area contributed by atoms with E-state index >= 15 is 0 Å². The van der Waals surface area contributed by atoms with Crippen LogP contribution in [0.2, 0.25) is 0 Å². The van der Waals surface area contributed by atoms with Crippen molar-refractivity contribution in [3.8, 4) is 0 Å². The molecule has 2 saturated carbocycles. The summed E-state index contributed by atoms with van der Waals surface area (Å²) in [5, 5.41) is 3.47. The van der Waals surface area contributed by atoms with Crippen LogP contribution in [0.15, 0.2) is 24.3 Å². The summed E-state index contributed by atoms with van der Waals surface area (Å²) in [5.74, 6) is 2.21. The van der Waals surface area contributed by atoms with Crippen LogP contribution < -0.4 is 5.32 Å². The van der Waals surface area contributed by atoms with Crippen molar-refractivity contribution in [3.05, 3.63) is 35.4 Å². The Kier molecular flexibility index (Phi) is 3.53. The van der Waals surface area contributed by atoms with Gasteiger partial charge in [-0.2, -0.15) is 13.2 Å². The van der Waals surface area contributed by atoms with Crippen LogP contribution in [0, 0.1) is 17.8 Å². The first kappa shape index (κ1) is 13.9. The molecule has 0 aliphatic heterocycles. The van der Waals surface area contributed by atoms with Gasteiger partial charge in [-0.05, 0) is 54.8 Å². The first-order valence-corrected chi connectivity index (χ1v) is 7.43. The molecule has 3 rings (SSSR count). The fourth-order valence-corrected chi connectivity index (χ4v) is 3.95. The van der Waals surface area contributed by atoms with Gasteiger partial charge >= 0.3 is 6.18 Å². The maximum absolute atomic E-state index is 12.6. The molecule has 1 N–H and O–H groups in total. The molecule has 0 spiro atoms. The first-order valence-electron chi connectivity index (χ1n) is 7.43. The lowest BCUT2D eigenvalue weighted by Crippen LogP contribution is -2.24. The van der Waals surface area contributed by atoms with E-state index in [1.165, 1.54) is 31.4 Å². The van der Waals surface area contributed by atoms with E-state index in [2.05, 4.69) is 12.2 Å². The van der Waals surface area contributed by atoms with Crippen molar-refractivity contribution in [1.82, 2.24) is 5.32 Å². The lowest BCUT2D eigenvalue weighted by Gasteiger charge is -2.21. The van der Waals surface area contributed by atoms with Gasteiger partial charge < -0.3 is 5.32 Å². The van der Waals surface area contributed by atoms with E-state index in [0.29, 0.717) is 5.92 Å². The molecule has 1 nitrogen and oxygen atoms in total. The van der Waals surface area contributed by atoms with Gasteiger partial charge in [-0.25, -0.2) is 0 Å². The molecule has 2 aliphatic rings. The highest BCUT2D eigenvalue weighted by atomic mass is 19.4. The monoisotopic (exact) mass is 283 g/mol. The van der Waals surface area contributed by atoms with Crippen molar-refractivity contribution in [2.24, 2.45) is 17.8 Å². The summed E-state index contributed by atoms with van der Waals surface area (Å²) in [7, 11) is 0. The van der Waals surface area contributed by atoms with Crippen molar-refractivity contribution < 1.29 is 13.2 Å². The third kappa shape index (κ3) is 2.46. The van der Waals surface area contributed by atoms with Crippen LogP contribution >= 0.6 is 0 Å². The largest absolute Gasteiger partial charge is 0.416 e. The summed E-state index contributed by atoms with van der Waals surface area (Å²) < 4.78 is 37.8. The second-order valence-corrected chi connectivity index (χ2v) is 5.99. The molecule has 3 atom stereocenters.